The van der Waals surface area contributed by atoms with Crippen molar-refractivity contribution in [3.05, 3.63) is 43.4 Å². The van der Waals surface area contributed by atoms with E-state index >= 15 is 0 Å². The monoisotopic (exact) mass is 454 g/mol. The molecule has 2 aromatic rings. The quantitative estimate of drug-likeness (QED) is 0.650. The van der Waals surface area contributed by atoms with Gasteiger partial charge in [0.25, 0.3) is 5.56 Å². The number of hydrogen-bond acceptors (Lipinski definition) is 5. The topological polar surface area (TPSA) is 112 Å². The number of aliphatic carboxylic acids is 1. The molecule has 2 rings (SSSR count). The third kappa shape index (κ3) is 4.30. The molecule has 0 unspecified atom stereocenters. The lowest BCUT2D eigenvalue weighted by atomic mass is 10.0. The molecule has 0 saturated heterocycles. The molecule has 0 amide bonds. The molecule has 0 atom stereocenters. The van der Waals surface area contributed by atoms with Crippen molar-refractivity contribution in [3.8, 4) is 28.7 Å². The number of aryl methyl sites for hydroxylation is 1. The fourth-order valence-electron chi connectivity index (χ4n) is 2.29. The second-order valence-electron chi connectivity index (χ2n) is 5.08. The van der Waals surface area contributed by atoms with Gasteiger partial charge in [-0.1, -0.05) is 0 Å². The number of carbonyl (C=O) groups is 1. The van der Waals surface area contributed by atoms with E-state index in [0.29, 0.717) is 38.5 Å². The van der Waals surface area contributed by atoms with Gasteiger partial charge < -0.3 is 19.6 Å². The van der Waals surface area contributed by atoms with Crippen LogP contribution in [0.1, 0.15) is 18.2 Å². The van der Waals surface area contributed by atoms with Crippen LogP contribution in [0.3, 0.4) is 0 Å². The van der Waals surface area contributed by atoms with Crippen LogP contribution >= 0.6 is 22.6 Å². The first-order valence-corrected chi connectivity index (χ1v) is 8.40. The summed E-state index contributed by atoms with van der Waals surface area (Å²) < 4.78 is 11.5. The minimum absolute atomic E-state index is 0.00283. The van der Waals surface area contributed by atoms with E-state index in [9.17, 15) is 14.9 Å². The Kier molecular flexibility index (Phi) is 6.03. The average Bonchev–Trinajstić information content (AvgIpc) is 2.53. The molecule has 25 heavy (non-hydrogen) atoms. The number of aromatic amines is 1. The summed E-state index contributed by atoms with van der Waals surface area (Å²) >= 11 is 2.00. The Morgan fingerprint density at radius 3 is 2.68 bits per heavy atom. The summed E-state index contributed by atoms with van der Waals surface area (Å²) in [6, 6.07) is 6.98. The van der Waals surface area contributed by atoms with Gasteiger partial charge >= 0.3 is 5.97 Å². The van der Waals surface area contributed by atoms with E-state index in [2.05, 4.69) is 4.98 Å². The lowest BCUT2D eigenvalue weighted by Gasteiger charge is -2.15. The zero-order valence-corrected chi connectivity index (χ0v) is 15.7. The molecule has 1 heterocycles. The van der Waals surface area contributed by atoms with Crippen LogP contribution in [-0.2, 0) is 4.79 Å². The predicted molar refractivity (Wildman–Crippen MR) is 99.0 cm³/mol. The molecule has 0 spiro atoms. The number of pyridine rings is 1. The number of ether oxygens (including phenoxy) is 2. The van der Waals surface area contributed by atoms with E-state index in [1.807, 2.05) is 28.7 Å². The number of aromatic nitrogens is 1. The van der Waals surface area contributed by atoms with E-state index in [4.69, 9.17) is 14.6 Å². The fourth-order valence-corrected chi connectivity index (χ4v) is 3.04. The molecule has 2 N–H and O–H groups in total. The van der Waals surface area contributed by atoms with Gasteiger partial charge in [-0.2, -0.15) is 5.26 Å². The molecule has 0 aliphatic rings. The molecule has 1 aromatic heterocycles. The Morgan fingerprint density at radius 2 is 2.08 bits per heavy atom. The number of nitrogens with one attached hydrogen (secondary N) is 1. The van der Waals surface area contributed by atoms with E-state index in [1.165, 1.54) is 0 Å². The highest BCUT2D eigenvalue weighted by Gasteiger charge is 2.17. The summed E-state index contributed by atoms with van der Waals surface area (Å²) in [4.78, 5) is 25.4. The normalized spacial score (nSPS) is 10.2. The van der Waals surface area contributed by atoms with Crippen LogP contribution in [0.25, 0.3) is 11.1 Å². The molecule has 0 aliphatic heterocycles. The Bertz CT molecular complexity index is 914. The number of benzene rings is 1. The number of halogens is 1. The summed E-state index contributed by atoms with van der Waals surface area (Å²) in [6.45, 7) is 3.37. The highest BCUT2D eigenvalue weighted by molar-refractivity contribution is 14.1. The third-order valence-corrected chi connectivity index (χ3v) is 4.04. The number of nitrogens with zero attached hydrogens (tertiary/aromatic N) is 1. The van der Waals surface area contributed by atoms with Crippen LogP contribution in [0.15, 0.2) is 23.0 Å². The Labute approximate surface area is 157 Å². The van der Waals surface area contributed by atoms with Crippen molar-refractivity contribution in [1.29, 1.82) is 5.26 Å². The minimum Gasteiger partial charge on any atom is -0.490 e. The second kappa shape index (κ2) is 8.02. The zero-order valence-electron chi connectivity index (χ0n) is 13.6. The van der Waals surface area contributed by atoms with E-state index < -0.39 is 18.1 Å². The van der Waals surface area contributed by atoms with Crippen LogP contribution in [-0.4, -0.2) is 29.3 Å². The number of hydrogen-bond donors (Lipinski definition) is 2. The lowest BCUT2D eigenvalue weighted by Crippen LogP contribution is -2.13. The second-order valence-corrected chi connectivity index (χ2v) is 6.24. The van der Waals surface area contributed by atoms with E-state index in [1.54, 1.807) is 32.0 Å². The summed E-state index contributed by atoms with van der Waals surface area (Å²) in [6.07, 6.45) is 0. The molecule has 0 fully saturated rings. The van der Waals surface area contributed by atoms with Gasteiger partial charge in [0, 0.05) is 11.3 Å². The van der Waals surface area contributed by atoms with Gasteiger partial charge in [0.05, 0.1) is 10.2 Å². The number of rotatable bonds is 6. The Balaban J connectivity index is 2.63. The van der Waals surface area contributed by atoms with E-state index in [-0.39, 0.29) is 5.56 Å². The summed E-state index contributed by atoms with van der Waals surface area (Å²) in [5.41, 5.74) is 1.26. The van der Waals surface area contributed by atoms with Crippen LogP contribution in [0, 0.1) is 21.8 Å². The maximum absolute atomic E-state index is 12.0. The zero-order chi connectivity index (χ0) is 18.6. The summed E-state index contributed by atoms with van der Waals surface area (Å²) in [7, 11) is 0. The molecule has 0 radical (unpaired) electrons. The van der Waals surface area contributed by atoms with Crippen LogP contribution in [0.4, 0.5) is 0 Å². The van der Waals surface area contributed by atoms with Crippen LogP contribution in [0.2, 0.25) is 0 Å². The molecule has 0 bridgehead atoms. The van der Waals surface area contributed by atoms with Gasteiger partial charge in [0.1, 0.15) is 11.6 Å². The number of carboxylic acid groups (broad SMARTS) is 1. The average molecular weight is 454 g/mol. The van der Waals surface area contributed by atoms with Crippen molar-refractivity contribution in [2.24, 2.45) is 0 Å². The van der Waals surface area contributed by atoms with Crippen molar-refractivity contribution < 1.29 is 19.4 Å². The van der Waals surface area contributed by atoms with Crippen LogP contribution in [0.5, 0.6) is 11.5 Å². The summed E-state index contributed by atoms with van der Waals surface area (Å²) in [5, 5.41) is 18.1. The SMILES string of the molecule is CCOc1cc(-c2cc(C)[nH]c(=O)c2C#N)cc(I)c1OCC(=O)O. The molecule has 0 aliphatic carbocycles. The van der Waals surface area contributed by atoms with Gasteiger partial charge in [-0.3, -0.25) is 4.79 Å². The van der Waals surface area contributed by atoms with Crippen molar-refractivity contribution in [2.75, 3.05) is 13.2 Å². The smallest absolute Gasteiger partial charge is 0.341 e. The first kappa shape index (κ1) is 18.8. The fraction of sp³-hybridized carbons (Fsp3) is 0.235. The Hall–Kier alpha value is -2.54. The standard InChI is InChI=1S/C17H15IN2O5/c1-3-24-14-6-10(5-13(18)16(14)25-8-15(21)22)11-4-9(2)20-17(23)12(11)7-19/h4-6H,3,8H2,1-2H3,(H,20,23)(H,21,22). The maximum atomic E-state index is 12.0. The first-order valence-electron chi connectivity index (χ1n) is 7.32. The van der Waals surface area contributed by atoms with Crippen molar-refractivity contribution in [1.82, 2.24) is 4.98 Å². The highest BCUT2D eigenvalue weighted by atomic mass is 127. The number of carboxylic acids is 1. The van der Waals surface area contributed by atoms with E-state index in [0.717, 1.165) is 0 Å². The minimum atomic E-state index is -1.10. The number of nitriles is 1. The number of H-pyrrole nitrogens is 1. The molecule has 130 valence electrons. The van der Waals surface area contributed by atoms with Crippen molar-refractivity contribution in [3.63, 3.8) is 0 Å². The van der Waals surface area contributed by atoms with Gasteiger partial charge in [0.15, 0.2) is 18.1 Å². The lowest BCUT2D eigenvalue weighted by molar-refractivity contribution is -0.139. The van der Waals surface area contributed by atoms with Crippen molar-refractivity contribution in [2.45, 2.75) is 13.8 Å². The van der Waals surface area contributed by atoms with Gasteiger partial charge in [0.2, 0.25) is 0 Å². The van der Waals surface area contributed by atoms with Crippen LogP contribution < -0.4 is 15.0 Å². The molecule has 1 aromatic carbocycles. The van der Waals surface area contributed by atoms with Gasteiger partial charge in [-0.05, 0) is 60.2 Å². The Morgan fingerprint density at radius 1 is 1.36 bits per heavy atom. The summed E-state index contributed by atoms with van der Waals surface area (Å²) in [5.74, 6) is -0.430. The first-order chi connectivity index (χ1) is 11.9. The molecule has 8 heteroatoms. The molecular formula is C17H15IN2O5. The highest BCUT2D eigenvalue weighted by Crippen LogP contribution is 2.38. The molecular weight excluding hydrogens is 439 g/mol. The van der Waals surface area contributed by atoms with Gasteiger partial charge in [-0.15, -0.1) is 0 Å². The maximum Gasteiger partial charge on any atom is 0.341 e. The van der Waals surface area contributed by atoms with Gasteiger partial charge in [-0.25, -0.2) is 4.79 Å². The molecule has 7 nitrogen and oxygen atoms in total. The van der Waals surface area contributed by atoms with Crippen molar-refractivity contribution >= 4 is 28.6 Å². The predicted octanol–water partition coefficient (Wildman–Crippen LogP) is 2.69. The third-order valence-electron chi connectivity index (χ3n) is 3.24. The molecule has 0 saturated carbocycles. The largest absolute Gasteiger partial charge is 0.490 e.